The normalized spacial score (nSPS) is 15.7. The van der Waals surface area contributed by atoms with Crippen molar-refractivity contribution in [2.24, 2.45) is 11.7 Å². The van der Waals surface area contributed by atoms with E-state index < -0.39 is 22.0 Å². The van der Waals surface area contributed by atoms with Crippen LogP contribution >= 0.6 is 0 Å². The van der Waals surface area contributed by atoms with Crippen molar-refractivity contribution in [2.75, 3.05) is 0 Å². The molecule has 0 heterocycles. The summed E-state index contributed by atoms with van der Waals surface area (Å²) in [6.07, 6.45) is 2.66. The number of hydrogen-bond donors (Lipinski definition) is 2. The number of amides is 1. The first kappa shape index (κ1) is 16.7. The molecule has 0 unspecified atom stereocenters. The van der Waals surface area contributed by atoms with E-state index in [-0.39, 0.29) is 4.90 Å². The van der Waals surface area contributed by atoms with Crippen molar-refractivity contribution in [1.82, 2.24) is 4.72 Å². The molecule has 1 atom stereocenters. The van der Waals surface area contributed by atoms with Gasteiger partial charge >= 0.3 is 0 Å². The molecular formula is C18H20N2O3S. The second kappa shape index (κ2) is 6.75. The van der Waals surface area contributed by atoms with Crippen molar-refractivity contribution in [2.45, 2.75) is 30.2 Å². The van der Waals surface area contributed by atoms with Crippen LogP contribution in [0.2, 0.25) is 0 Å². The molecule has 1 saturated carbocycles. The van der Waals surface area contributed by atoms with E-state index >= 15 is 0 Å². The smallest absolute Gasteiger partial charge is 0.264 e. The van der Waals surface area contributed by atoms with Crippen molar-refractivity contribution >= 4 is 15.9 Å². The van der Waals surface area contributed by atoms with Gasteiger partial charge in [-0.05, 0) is 35.6 Å². The van der Waals surface area contributed by atoms with Gasteiger partial charge in [0.25, 0.3) is 15.9 Å². The van der Waals surface area contributed by atoms with E-state index in [2.05, 4.69) is 4.72 Å². The molecule has 0 aliphatic heterocycles. The summed E-state index contributed by atoms with van der Waals surface area (Å²) in [5, 5.41) is 0. The molecule has 24 heavy (non-hydrogen) atoms. The van der Waals surface area contributed by atoms with Gasteiger partial charge in [0.05, 0.1) is 10.9 Å². The highest BCUT2D eigenvalue weighted by molar-refractivity contribution is 7.90. The number of nitrogens with one attached hydrogen (secondary N) is 1. The highest BCUT2D eigenvalue weighted by Crippen LogP contribution is 2.33. The molecule has 0 radical (unpaired) electrons. The Kier molecular flexibility index (Phi) is 4.69. The number of benzene rings is 2. The number of carbonyl (C=O) groups excluding carboxylic acids is 1. The van der Waals surface area contributed by atoms with Gasteiger partial charge in [-0.25, -0.2) is 13.1 Å². The van der Waals surface area contributed by atoms with Crippen LogP contribution in [0.5, 0.6) is 0 Å². The van der Waals surface area contributed by atoms with Crippen LogP contribution in [-0.4, -0.2) is 20.4 Å². The molecular weight excluding hydrogens is 324 g/mol. The molecule has 1 aliphatic rings. The van der Waals surface area contributed by atoms with Crippen molar-refractivity contribution in [1.29, 1.82) is 0 Å². The zero-order valence-electron chi connectivity index (χ0n) is 13.2. The SMILES string of the molecule is N[C@@H](CC1CC1)C(=O)NS(=O)(=O)c1cccc(-c2ccccc2)c1. The third-order valence-corrected chi connectivity index (χ3v) is 5.45. The minimum Gasteiger partial charge on any atom is -0.320 e. The monoisotopic (exact) mass is 344 g/mol. The molecule has 2 aromatic carbocycles. The molecule has 0 bridgehead atoms. The molecule has 0 saturated heterocycles. The summed E-state index contributed by atoms with van der Waals surface area (Å²) in [5.41, 5.74) is 7.47. The van der Waals surface area contributed by atoms with E-state index in [0.29, 0.717) is 12.3 Å². The van der Waals surface area contributed by atoms with Gasteiger partial charge in [0.2, 0.25) is 0 Å². The highest BCUT2D eigenvalue weighted by atomic mass is 32.2. The number of rotatable bonds is 6. The maximum absolute atomic E-state index is 12.4. The van der Waals surface area contributed by atoms with Gasteiger partial charge in [-0.15, -0.1) is 0 Å². The topological polar surface area (TPSA) is 89.3 Å². The van der Waals surface area contributed by atoms with Gasteiger partial charge in [0, 0.05) is 0 Å². The largest absolute Gasteiger partial charge is 0.320 e. The average molecular weight is 344 g/mol. The Bertz CT molecular complexity index is 830. The third kappa shape index (κ3) is 4.01. The van der Waals surface area contributed by atoms with Gasteiger partial charge in [-0.2, -0.15) is 0 Å². The fourth-order valence-electron chi connectivity index (χ4n) is 2.56. The summed E-state index contributed by atoms with van der Waals surface area (Å²) < 4.78 is 27.0. The number of nitrogens with two attached hydrogens (primary N) is 1. The molecule has 1 aliphatic carbocycles. The number of hydrogen-bond acceptors (Lipinski definition) is 4. The summed E-state index contributed by atoms with van der Waals surface area (Å²) in [4.78, 5) is 12.1. The predicted molar refractivity (Wildman–Crippen MR) is 92.5 cm³/mol. The summed E-state index contributed by atoms with van der Waals surface area (Å²) in [6.45, 7) is 0. The van der Waals surface area contributed by atoms with Gasteiger partial charge in [-0.3, -0.25) is 4.79 Å². The van der Waals surface area contributed by atoms with Crippen molar-refractivity contribution in [3.8, 4) is 11.1 Å². The molecule has 6 heteroatoms. The van der Waals surface area contributed by atoms with Gasteiger partial charge in [0.15, 0.2) is 0 Å². The lowest BCUT2D eigenvalue weighted by Gasteiger charge is -2.13. The lowest BCUT2D eigenvalue weighted by molar-refractivity contribution is -0.120. The van der Waals surface area contributed by atoms with Crippen LogP contribution in [0.1, 0.15) is 19.3 Å². The highest BCUT2D eigenvalue weighted by Gasteiger charge is 2.29. The van der Waals surface area contributed by atoms with E-state index in [0.717, 1.165) is 24.0 Å². The van der Waals surface area contributed by atoms with E-state index in [1.807, 2.05) is 36.4 Å². The molecule has 0 spiro atoms. The molecule has 0 aromatic heterocycles. The molecule has 126 valence electrons. The minimum atomic E-state index is -3.93. The van der Waals surface area contributed by atoms with Crippen LogP contribution in [0.25, 0.3) is 11.1 Å². The second-order valence-electron chi connectivity index (χ2n) is 6.15. The zero-order valence-corrected chi connectivity index (χ0v) is 14.0. The van der Waals surface area contributed by atoms with Crippen LogP contribution in [0.4, 0.5) is 0 Å². The average Bonchev–Trinajstić information content (AvgIpc) is 3.39. The zero-order chi connectivity index (χ0) is 17.2. The second-order valence-corrected chi connectivity index (χ2v) is 7.83. The van der Waals surface area contributed by atoms with Gasteiger partial charge in [0.1, 0.15) is 0 Å². The summed E-state index contributed by atoms with van der Waals surface area (Å²) in [5.74, 6) is -0.193. The summed E-state index contributed by atoms with van der Waals surface area (Å²) in [7, 11) is -3.93. The van der Waals surface area contributed by atoms with Crippen LogP contribution in [-0.2, 0) is 14.8 Å². The van der Waals surface area contributed by atoms with E-state index in [9.17, 15) is 13.2 Å². The first-order valence-corrected chi connectivity index (χ1v) is 9.42. The Morgan fingerprint density at radius 2 is 1.75 bits per heavy atom. The van der Waals surface area contributed by atoms with Crippen LogP contribution < -0.4 is 10.5 Å². The van der Waals surface area contributed by atoms with Crippen molar-refractivity contribution < 1.29 is 13.2 Å². The summed E-state index contributed by atoms with van der Waals surface area (Å²) >= 11 is 0. The quantitative estimate of drug-likeness (QED) is 0.841. The maximum atomic E-state index is 12.4. The lowest BCUT2D eigenvalue weighted by atomic mass is 10.1. The number of carbonyl (C=O) groups is 1. The number of sulfonamides is 1. The Morgan fingerprint density at radius 3 is 2.42 bits per heavy atom. The van der Waals surface area contributed by atoms with Crippen LogP contribution in [0, 0.1) is 5.92 Å². The Hall–Kier alpha value is -2.18. The fourth-order valence-corrected chi connectivity index (χ4v) is 3.63. The Labute approximate surface area is 141 Å². The minimum absolute atomic E-state index is 0.0517. The first-order chi connectivity index (χ1) is 11.5. The van der Waals surface area contributed by atoms with Crippen molar-refractivity contribution in [3.05, 3.63) is 54.6 Å². The van der Waals surface area contributed by atoms with Gasteiger partial charge in [-0.1, -0.05) is 55.3 Å². The maximum Gasteiger partial charge on any atom is 0.264 e. The molecule has 2 aromatic rings. The van der Waals surface area contributed by atoms with Crippen molar-refractivity contribution in [3.63, 3.8) is 0 Å². The van der Waals surface area contributed by atoms with Gasteiger partial charge < -0.3 is 5.73 Å². The van der Waals surface area contributed by atoms with E-state index in [1.54, 1.807) is 12.1 Å². The van der Waals surface area contributed by atoms with E-state index in [4.69, 9.17) is 5.73 Å². The molecule has 1 amide bonds. The predicted octanol–water partition coefficient (Wildman–Crippen LogP) is 2.29. The molecule has 3 rings (SSSR count). The summed E-state index contributed by atoms with van der Waals surface area (Å²) in [6, 6.07) is 15.2. The van der Waals surface area contributed by atoms with Crippen LogP contribution in [0.3, 0.4) is 0 Å². The molecule has 1 fully saturated rings. The van der Waals surface area contributed by atoms with E-state index in [1.165, 1.54) is 6.07 Å². The molecule has 5 nitrogen and oxygen atoms in total. The Balaban J connectivity index is 1.78. The molecule has 3 N–H and O–H groups in total. The fraction of sp³-hybridized carbons (Fsp3) is 0.278. The third-order valence-electron chi connectivity index (χ3n) is 4.11. The first-order valence-electron chi connectivity index (χ1n) is 7.93. The van der Waals surface area contributed by atoms with Crippen LogP contribution in [0.15, 0.2) is 59.5 Å². The standard InChI is InChI=1S/C18H20N2O3S/c19-17(11-13-9-10-13)18(21)20-24(22,23)16-8-4-7-15(12-16)14-5-2-1-3-6-14/h1-8,12-13,17H,9-11,19H2,(H,20,21)/t17-/m0/s1. The Morgan fingerprint density at radius 1 is 1.08 bits per heavy atom. The lowest BCUT2D eigenvalue weighted by Crippen LogP contribution is -2.43.